The van der Waals surface area contributed by atoms with Crippen molar-refractivity contribution in [3.05, 3.63) is 94.0 Å². The first kappa shape index (κ1) is 32.0. The normalized spacial score (nSPS) is 12.5. The van der Waals surface area contributed by atoms with Crippen molar-refractivity contribution < 1.29 is 31.2 Å². The lowest BCUT2D eigenvalue weighted by Crippen LogP contribution is -2.51. The highest BCUT2D eigenvalue weighted by Gasteiger charge is 2.37. The van der Waals surface area contributed by atoms with Crippen molar-refractivity contribution in [3.63, 3.8) is 0 Å². The molecule has 1 atom stereocenters. The number of hydrogen-bond donors (Lipinski definition) is 1. The van der Waals surface area contributed by atoms with Gasteiger partial charge in [0.2, 0.25) is 11.8 Å². The summed E-state index contributed by atoms with van der Waals surface area (Å²) in [5, 5.41) is 1.90. The van der Waals surface area contributed by atoms with Crippen molar-refractivity contribution in [3.8, 4) is 0 Å². The molecule has 0 radical (unpaired) electrons. The van der Waals surface area contributed by atoms with E-state index in [0.717, 1.165) is 23.3 Å². The number of likely N-dealkylation sites (N-methyl/N-ethyl adjacent to an activating group) is 1. The molecule has 3 aromatic rings. The summed E-state index contributed by atoms with van der Waals surface area (Å²) in [6.45, 7) is 4.44. The highest BCUT2D eigenvalue weighted by Crippen LogP contribution is 2.38. The number of nitrogens with zero attached hydrogens (tertiary/aromatic N) is 2. The molecule has 0 spiro atoms. The van der Waals surface area contributed by atoms with Gasteiger partial charge in [0.1, 0.15) is 12.6 Å². The maximum Gasteiger partial charge on any atom is 0.417 e. The third-order valence-electron chi connectivity index (χ3n) is 6.54. The summed E-state index contributed by atoms with van der Waals surface area (Å²) in [5.41, 5.74) is 0.771. The number of hydrogen-bond acceptors (Lipinski definition) is 4. The van der Waals surface area contributed by atoms with Crippen LogP contribution in [0.25, 0.3) is 0 Å². The van der Waals surface area contributed by atoms with E-state index < -0.39 is 56.9 Å². The lowest BCUT2D eigenvalue weighted by molar-refractivity contribution is -0.140. The number of carbonyl (C=O) groups is 2. The summed E-state index contributed by atoms with van der Waals surface area (Å²) >= 11 is 5.80. The largest absolute Gasteiger partial charge is 0.417 e. The van der Waals surface area contributed by atoms with Crippen molar-refractivity contribution in [1.82, 2.24) is 10.2 Å². The van der Waals surface area contributed by atoms with Crippen LogP contribution >= 0.6 is 11.6 Å². The molecule has 0 aliphatic carbocycles. The number of sulfonamides is 1. The smallest absolute Gasteiger partial charge is 0.357 e. The molecule has 0 aliphatic rings. The quantitative estimate of drug-likeness (QED) is 0.318. The van der Waals surface area contributed by atoms with Crippen LogP contribution < -0.4 is 9.62 Å². The summed E-state index contributed by atoms with van der Waals surface area (Å²) in [6.07, 6.45) is -4.67. The number of alkyl halides is 3. The zero-order valence-electron chi connectivity index (χ0n) is 23.0. The maximum atomic E-state index is 13.9. The SMILES string of the molecule is CC[C@H](C(=O)NC)N(Cc1ccc(C)cc1)C(=O)CN(c1ccc(Cl)c(C(F)(F)F)c1)S(=O)(=O)c1ccc(C)cc1. The Morgan fingerprint density at radius 3 is 2.02 bits per heavy atom. The van der Waals surface area contributed by atoms with Gasteiger partial charge < -0.3 is 10.2 Å². The highest BCUT2D eigenvalue weighted by molar-refractivity contribution is 7.92. The number of amides is 2. The lowest BCUT2D eigenvalue weighted by Gasteiger charge is -2.33. The van der Waals surface area contributed by atoms with E-state index in [0.29, 0.717) is 15.9 Å². The second-order valence-electron chi connectivity index (χ2n) is 9.53. The highest BCUT2D eigenvalue weighted by atomic mass is 35.5. The van der Waals surface area contributed by atoms with E-state index in [1.54, 1.807) is 26.0 Å². The second-order valence-corrected chi connectivity index (χ2v) is 11.8. The molecule has 0 heterocycles. The minimum Gasteiger partial charge on any atom is -0.357 e. The molecule has 2 amide bonds. The van der Waals surface area contributed by atoms with E-state index in [4.69, 9.17) is 11.6 Å². The van der Waals surface area contributed by atoms with Gasteiger partial charge >= 0.3 is 6.18 Å². The Balaban J connectivity index is 2.14. The van der Waals surface area contributed by atoms with Crippen LogP contribution in [0, 0.1) is 13.8 Å². The molecule has 0 fully saturated rings. The van der Waals surface area contributed by atoms with E-state index in [9.17, 15) is 31.2 Å². The number of nitrogens with one attached hydrogen (secondary N) is 1. The van der Waals surface area contributed by atoms with Gasteiger partial charge in [0.15, 0.2) is 0 Å². The number of rotatable bonds is 10. The molecular weight excluding hydrogens is 579 g/mol. The van der Waals surface area contributed by atoms with Gasteiger partial charge in [-0.15, -0.1) is 0 Å². The van der Waals surface area contributed by atoms with E-state index in [2.05, 4.69) is 5.32 Å². The third kappa shape index (κ3) is 7.59. The Hall–Kier alpha value is -3.57. The maximum absolute atomic E-state index is 13.9. The van der Waals surface area contributed by atoms with Crippen LogP contribution in [0.3, 0.4) is 0 Å². The number of carbonyl (C=O) groups excluding carboxylic acids is 2. The Kier molecular flexibility index (Phi) is 10.1. The fraction of sp³-hybridized carbons (Fsp3) is 0.310. The van der Waals surface area contributed by atoms with Crippen molar-refractivity contribution in [2.75, 3.05) is 17.9 Å². The van der Waals surface area contributed by atoms with Gasteiger partial charge in [-0.3, -0.25) is 13.9 Å². The molecule has 0 aromatic heterocycles. The molecular formula is C29H31ClF3N3O4S. The fourth-order valence-electron chi connectivity index (χ4n) is 4.23. The molecule has 7 nitrogen and oxygen atoms in total. The predicted octanol–water partition coefficient (Wildman–Crippen LogP) is 5.72. The topological polar surface area (TPSA) is 86.8 Å². The van der Waals surface area contributed by atoms with Gasteiger partial charge in [-0.05, 0) is 56.2 Å². The Morgan fingerprint density at radius 1 is 0.951 bits per heavy atom. The first-order chi connectivity index (χ1) is 19.2. The third-order valence-corrected chi connectivity index (χ3v) is 8.65. The molecule has 3 aromatic carbocycles. The van der Waals surface area contributed by atoms with Crippen LogP contribution in [-0.4, -0.2) is 44.8 Å². The minimum atomic E-state index is -4.87. The van der Waals surface area contributed by atoms with Crippen LogP contribution in [0.5, 0.6) is 0 Å². The minimum absolute atomic E-state index is 0.0299. The number of anilines is 1. The molecule has 12 heteroatoms. The zero-order valence-corrected chi connectivity index (χ0v) is 24.6. The molecule has 41 heavy (non-hydrogen) atoms. The molecule has 3 rings (SSSR count). The first-order valence-electron chi connectivity index (χ1n) is 12.7. The van der Waals surface area contributed by atoms with Crippen LogP contribution in [0.1, 0.15) is 35.6 Å². The lowest BCUT2D eigenvalue weighted by atomic mass is 10.1. The van der Waals surface area contributed by atoms with E-state index in [-0.39, 0.29) is 17.9 Å². The van der Waals surface area contributed by atoms with Gasteiger partial charge in [-0.25, -0.2) is 8.42 Å². The number of aryl methyl sites for hydroxylation is 2. The Morgan fingerprint density at radius 2 is 1.51 bits per heavy atom. The van der Waals surface area contributed by atoms with Crippen LogP contribution in [-0.2, 0) is 32.3 Å². The molecule has 0 saturated heterocycles. The van der Waals surface area contributed by atoms with Crippen LogP contribution in [0.15, 0.2) is 71.6 Å². The van der Waals surface area contributed by atoms with Crippen molar-refractivity contribution in [2.24, 2.45) is 0 Å². The van der Waals surface area contributed by atoms with Crippen LogP contribution in [0.4, 0.5) is 18.9 Å². The molecule has 0 unspecified atom stereocenters. The first-order valence-corrected chi connectivity index (χ1v) is 14.5. The van der Waals surface area contributed by atoms with Gasteiger partial charge in [-0.1, -0.05) is 66.0 Å². The Labute approximate surface area is 243 Å². The predicted molar refractivity (Wildman–Crippen MR) is 152 cm³/mol. The van der Waals surface area contributed by atoms with E-state index in [1.807, 2.05) is 19.1 Å². The molecule has 0 aliphatic heterocycles. The van der Waals surface area contributed by atoms with Gasteiger partial charge in [0.25, 0.3) is 10.0 Å². The van der Waals surface area contributed by atoms with Crippen molar-refractivity contribution in [2.45, 2.75) is 50.9 Å². The summed E-state index contributed by atoms with van der Waals surface area (Å²) in [4.78, 5) is 27.7. The summed E-state index contributed by atoms with van der Waals surface area (Å²) in [6, 6.07) is 14.6. The van der Waals surface area contributed by atoms with Crippen LogP contribution in [0.2, 0.25) is 5.02 Å². The fourth-order valence-corrected chi connectivity index (χ4v) is 5.86. The monoisotopic (exact) mass is 609 g/mol. The summed E-state index contributed by atoms with van der Waals surface area (Å²) in [5.74, 6) is -1.24. The zero-order chi connectivity index (χ0) is 30.5. The van der Waals surface area contributed by atoms with Crippen molar-refractivity contribution >= 4 is 39.1 Å². The summed E-state index contributed by atoms with van der Waals surface area (Å²) in [7, 11) is -3.12. The number of benzene rings is 3. The van der Waals surface area contributed by atoms with Gasteiger partial charge in [0, 0.05) is 13.6 Å². The van der Waals surface area contributed by atoms with Gasteiger partial charge in [0.05, 0.1) is 21.2 Å². The molecule has 0 bridgehead atoms. The average molecular weight is 610 g/mol. The Bertz CT molecular complexity index is 1500. The number of halogens is 4. The van der Waals surface area contributed by atoms with Gasteiger partial charge in [-0.2, -0.15) is 13.2 Å². The van der Waals surface area contributed by atoms with Crippen molar-refractivity contribution in [1.29, 1.82) is 0 Å². The molecule has 220 valence electrons. The average Bonchev–Trinajstić information content (AvgIpc) is 2.92. The second kappa shape index (κ2) is 12.9. The molecule has 0 saturated carbocycles. The summed E-state index contributed by atoms with van der Waals surface area (Å²) < 4.78 is 69.5. The van der Waals surface area contributed by atoms with E-state index in [1.165, 1.54) is 36.2 Å². The van der Waals surface area contributed by atoms with E-state index >= 15 is 0 Å². The standard InChI is InChI=1S/C29H31ClF3N3O4S/c1-5-26(28(38)34-4)35(17-21-10-6-19(2)7-11-21)27(37)18-36(41(39,40)23-13-8-20(3)9-14-23)22-12-15-25(30)24(16-22)29(31,32)33/h6-16,26H,5,17-18H2,1-4H3,(H,34,38)/t26-/m1/s1. The molecule has 1 N–H and O–H groups in total.